The zero-order chi connectivity index (χ0) is 8.36. The molecule has 0 aliphatic rings. The number of rotatable bonds is 1. The van der Waals surface area contributed by atoms with Crippen LogP contribution in [0.1, 0.15) is 27.7 Å². The third kappa shape index (κ3) is 2.17. The van der Waals surface area contributed by atoms with Gasteiger partial charge in [-0.1, -0.05) is 20.8 Å². The van der Waals surface area contributed by atoms with Crippen LogP contribution < -0.4 is 5.26 Å². The molecule has 0 saturated heterocycles. The summed E-state index contributed by atoms with van der Waals surface area (Å²) in [6.07, 6.45) is 0. The Morgan fingerprint density at radius 3 is 1.90 bits per heavy atom. The van der Waals surface area contributed by atoms with Crippen LogP contribution in [0, 0.1) is 5.41 Å². The number of carbonyl (C=O) groups is 1. The van der Waals surface area contributed by atoms with Crippen molar-refractivity contribution in [1.82, 2.24) is 0 Å². The summed E-state index contributed by atoms with van der Waals surface area (Å²) in [4.78, 5) is 11.0. The molecule has 0 spiro atoms. The van der Waals surface area contributed by atoms with Crippen molar-refractivity contribution in [1.29, 1.82) is 0 Å². The molecule has 0 unspecified atom stereocenters. The first-order valence-electron chi connectivity index (χ1n) is 3.07. The highest BCUT2D eigenvalue weighted by Crippen LogP contribution is 2.14. The second-order valence-electron chi connectivity index (χ2n) is 3.22. The molecule has 0 aromatic carbocycles. The number of carbonyl (C=O) groups excluding carboxylic acids is 2. The fraction of sp³-hybridized carbons (Fsp3) is 0.714. The molecule has 10 heavy (non-hydrogen) atoms. The van der Waals surface area contributed by atoms with Crippen molar-refractivity contribution in [2.24, 2.45) is 5.41 Å². The van der Waals surface area contributed by atoms with Gasteiger partial charge in [0, 0.05) is 5.41 Å². The van der Waals surface area contributed by atoms with Gasteiger partial charge >= 0.3 is 5.78 Å². The monoisotopic (exact) mass is 144 g/mol. The first kappa shape index (κ1) is 9.14. The summed E-state index contributed by atoms with van der Waals surface area (Å²) in [7, 11) is 0. The average Bonchev–Trinajstić information content (AvgIpc) is 1.83. The van der Waals surface area contributed by atoms with Crippen LogP contribution in [0.15, 0.2) is 0 Å². The van der Waals surface area contributed by atoms with Gasteiger partial charge in [-0.05, 0) is 0 Å². The van der Waals surface area contributed by atoms with E-state index in [0.717, 1.165) is 0 Å². The van der Waals surface area contributed by atoms with Crippen molar-refractivity contribution in [3.05, 3.63) is 0 Å². The molecule has 0 amide bonds. The lowest BCUT2D eigenvalue weighted by molar-refractivity contribution is -1.05. The number of Topliss-reactive ketones (excluding diaryl/α,β-unsaturated/α-hetero) is 1. The number of ketones is 2. The number of hydrogen-bond acceptors (Lipinski definition) is 2. The molecule has 0 atom stereocenters. The van der Waals surface area contributed by atoms with Gasteiger partial charge in [0.05, 0.1) is 6.92 Å². The summed E-state index contributed by atoms with van der Waals surface area (Å²) < 4.78 is 3.56. The predicted octanol–water partition coefficient (Wildman–Crippen LogP) is 0.00160. The van der Waals surface area contributed by atoms with Gasteiger partial charge in [0.25, 0.3) is 5.78 Å². The van der Waals surface area contributed by atoms with E-state index in [1.807, 2.05) is 0 Å². The van der Waals surface area contributed by atoms with E-state index in [4.69, 9.17) is 0 Å². The summed E-state index contributed by atoms with van der Waals surface area (Å²) in [5, 5.41) is 9.76. The third-order valence-electron chi connectivity index (χ3n) is 1.13. The minimum absolute atomic E-state index is 0.0764. The van der Waals surface area contributed by atoms with Crippen molar-refractivity contribution in [3.63, 3.8) is 0 Å². The van der Waals surface area contributed by atoms with Crippen LogP contribution in [0.3, 0.4) is 0 Å². The highest BCUT2D eigenvalue weighted by molar-refractivity contribution is 6.38. The Morgan fingerprint density at radius 2 is 1.80 bits per heavy atom. The summed E-state index contributed by atoms with van der Waals surface area (Å²) in [5.41, 5.74) is -0.519. The Labute approximate surface area is 60.3 Å². The Hall–Kier alpha value is -0.860. The summed E-state index contributed by atoms with van der Waals surface area (Å²) in [5.74, 6) is -0.324. The molecule has 0 fully saturated rings. The zero-order valence-corrected chi connectivity index (χ0v) is 6.72. The molecule has 0 aliphatic carbocycles. The summed E-state index contributed by atoms with van der Waals surface area (Å²) >= 11 is 0. The van der Waals surface area contributed by atoms with Crippen LogP contribution in [-0.4, -0.2) is 11.6 Å². The maximum Gasteiger partial charge on any atom is 0.392 e. The Balaban J connectivity index is 4.39. The molecule has 0 bridgehead atoms. The lowest BCUT2D eigenvalue weighted by Crippen LogP contribution is -2.29. The molecule has 3 nitrogen and oxygen atoms in total. The van der Waals surface area contributed by atoms with E-state index in [9.17, 15) is 10.1 Å². The van der Waals surface area contributed by atoms with E-state index in [1.54, 1.807) is 20.8 Å². The lowest BCUT2D eigenvalue weighted by atomic mass is 9.89. The fourth-order valence-electron chi connectivity index (χ4n) is 0.566. The largest absolute Gasteiger partial charge is 0.462 e. The highest BCUT2D eigenvalue weighted by atomic mass is 17.1. The Kier molecular flexibility index (Phi) is 2.57. The molecule has 0 aromatic heterocycles. The first-order valence-corrected chi connectivity index (χ1v) is 3.07. The maximum atomic E-state index is 11.0. The average molecular weight is 144 g/mol. The van der Waals surface area contributed by atoms with E-state index in [2.05, 4.69) is 4.58 Å². The van der Waals surface area contributed by atoms with Crippen molar-refractivity contribution < 1.29 is 14.6 Å². The van der Waals surface area contributed by atoms with E-state index in [0.29, 0.717) is 0 Å². The van der Waals surface area contributed by atoms with Crippen molar-refractivity contribution in [3.8, 4) is 0 Å². The van der Waals surface area contributed by atoms with Gasteiger partial charge in [0.15, 0.2) is 0 Å². The Morgan fingerprint density at radius 1 is 1.40 bits per heavy atom. The van der Waals surface area contributed by atoms with Crippen molar-refractivity contribution >= 4 is 11.6 Å². The van der Waals surface area contributed by atoms with Gasteiger partial charge < -0.3 is 5.26 Å². The fourth-order valence-corrected chi connectivity index (χ4v) is 0.566. The lowest BCUT2D eigenvalue weighted by Gasteiger charge is -2.10. The molecule has 0 aliphatic heterocycles. The smallest absolute Gasteiger partial charge is 0.392 e. The normalized spacial score (nSPS) is 13.4. The minimum atomic E-state index is -0.519. The predicted molar refractivity (Wildman–Crippen MR) is 35.1 cm³/mol. The second-order valence-corrected chi connectivity index (χ2v) is 3.22. The van der Waals surface area contributed by atoms with Crippen molar-refractivity contribution in [2.45, 2.75) is 27.7 Å². The summed E-state index contributed by atoms with van der Waals surface area (Å²) in [6.45, 7) is 6.58. The van der Waals surface area contributed by atoms with E-state index >= 15 is 0 Å². The van der Waals surface area contributed by atoms with Gasteiger partial charge in [-0.15, -0.1) is 0 Å². The number of hydrogen-bond donors (Lipinski definition) is 0. The molecule has 0 radical (unpaired) electrons. The van der Waals surface area contributed by atoms with Crippen LogP contribution in [0.4, 0.5) is 0 Å². The third-order valence-corrected chi connectivity index (χ3v) is 1.13. The molecule has 0 N–H and O–H groups in total. The highest BCUT2D eigenvalue weighted by Gasteiger charge is 2.30. The van der Waals surface area contributed by atoms with Crippen LogP contribution in [0.5, 0.6) is 0 Å². The zero-order valence-electron chi connectivity index (χ0n) is 6.72. The molecule has 3 heteroatoms. The maximum absolute atomic E-state index is 11.0. The standard InChI is InChI=1S/C7H12O3/c1-5(10-9)6(8)7(2,3)4/h1-4H3. The first-order chi connectivity index (χ1) is 4.39. The van der Waals surface area contributed by atoms with Crippen LogP contribution in [0.25, 0.3) is 0 Å². The topological polar surface area (TPSA) is 51.4 Å². The molecular weight excluding hydrogens is 132 g/mol. The van der Waals surface area contributed by atoms with Gasteiger partial charge in [-0.2, -0.15) is 4.58 Å². The van der Waals surface area contributed by atoms with Crippen molar-refractivity contribution in [2.75, 3.05) is 0 Å². The molecule has 0 saturated carbocycles. The van der Waals surface area contributed by atoms with E-state index < -0.39 is 5.41 Å². The second kappa shape index (κ2) is 2.82. The molecule has 0 heterocycles. The van der Waals surface area contributed by atoms with Gasteiger partial charge in [-0.3, -0.25) is 4.79 Å². The quantitative estimate of drug-likeness (QED) is 0.225. The van der Waals surface area contributed by atoms with Gasteiger partial charge in [-0.25, -0.2) is 0 Å². The SMILES string of the molecule is CC(=[O+][O-])C(=O)C(C)(C)C. The van der Waals surface area contributed by atoms with E-state index in [1.165, 1.54) is 6.92 Å². The van der Waals surface area contributed by atoms with Crippen LogP contribution in [-0.2, 0) is 9.37 Å². The van der Waals surface area contributed by atoms with E-state index in [-0.39, 0.29) is 11.6 Å². The molecular formula is C7H12O3. The Bertz CT molecular complexity index is 162. The molecule has 0 rings (SSSR count). The van der Waals surface area contributed by atoms with Gasteiger partial charge in [0.2, 0.25) is 0 Å². The molecule has 58 valence electrons. The van der Waals surface area contributed by atoms with Crippen LogP contribution in [0.2, 0.25) is 0 Å². The van der Waals surface area contributed by atoms with Crippen LogP contribution >= 0.6 is 0 Å². The summed E-state index contributed by atoms with van der Waals surface area (Å²) in [6, 6.07) is 0. The molecule has 0 aromatic rings. The minimum Gasteiger partial charge on any atom is -0.462 e. The van der Waals surface area contributed by atoms with Gasteiger partial charge in [0.1, 0.15) is 0 Å².